The maximum atomic E-state index is 10.1. The highest BCUT2D eigenvalue weighted by atomic mass is 35.5. The topological polar surface area (TPSA) is 58.6 Å². The third-order valence-corrected chi connectivity index (χ3v) is 2.06. The van der Waals surface area contributed by atoms with Crippen LogP contribution in [0.5, 0.6) is 5.75 Å². The molecule has 0 radical (unpaired) electrons. The molecule has 0 bridgehead atoms. The minimum Gasteiger partial charge on any atom is -0.490 e. The minimum atomic E-state index is -1.08. The van der Waals surface area contributed by atoms with Gasteiger partial charge in [-0.15, -0.1) is 0 Å². The number of hydrogen-bond donors (Lipinski definition) is 2. The average molecular weight is 250 g/mol. The monoisotopic (exact) mass is 249 g/mol. The number of amides is 1. The summed E-state index contributed by atoms with van der Waals surface area (Å²) < 4.78 is 5.23. The van der Waals surface area contributed by atoms with E-state index in [0.717, 1.165) is 0 Å². The molecular weight excluding hydrogens is 241 g/mol. The van der Waals surface area contributed by atoms with E-state index in [4.69, 9.17) is 33.0 Å². The Kier molecular flexibility index (Phi) is 4.52. The maximum absolute atomic E-state index is 10.1. The van der Waals surface area contributed by atoms with E-state index in [2.05, 4.69) is 5.32 Å². The molecule has 0 unspecified atom stereocenters. The fraction of sp³-hybridized carbons (Fsp3) is 0.222. The minimum absolute atomic E-state index is 0.203. The first-order valence-electron chi connectivity index (χ1n) is 4.14. The summed E-state index contributed by atoms with van der Waals surface area (Å²) in [5.41, 5.74) is 0. The quantitative estimate of drug-likeness (QED) is 0.807. The maximum Gasteiger partial charge on any atom is 0.404 e. The van der Waals surface area contributed by atoms with Crippen molar-refractivity contribution in [3.8, 4) is 5.75 Å². The van der Waals surface area contributed by atoms with E-state index in [-0.39, 0.29) is 13.2 Å². The molecule has 1 rings (SSSR count). The van der Waals surface area contributed by atoms with E-state index < -0.39 is 6.09 Å². The second-order valence-electron chi connectivity index (χ2n) is 2.66. The van der Waals surface area contributed by atoms with Crippen LogP contribution < -0.4 is 10.1 Å². The molecule has 0 spiro atoms. The summed E-state index contributed by atoms with van der Waals surface area (Å²) in [6, 6.07) is 4.84. The Morgan fingerprint density at radius 1 is 1.47 bits per heavy atom. The smallest absolute Gasteiger partial charge is 0.404 e. The van der Waals surface area contributed by atoms with Gasteiger partial charge >= 0.3 is 6.09 Å². The van der Waals surface area contributed by atoms with Gasteiger partial charge in [-0.2, -0.15) is 0 Å². The SMILES string of the molecule is O=C(O)NCCOc1ccc(Cl)cc1Cl. The molecule has 1 aromatic rings. The van der Waals surface area contributed by atoms with Crippen molar-refractivity contribution < 1.29 is 14.6 Å². The molecule has 0 aliphatic rings. The summed E-state index contributed by atoms with van der Waals surface area (Å²) in [5, 5.41) is 11.4. The molecule has 0 atom stereocenters. The molecule has 0 saturated heterocycles. The third kappa shape index (κ3) is 4.27. The van der Waals surface area contributed by atoms with E-state index in [1.54, 1.807) is 18.2 Å². The zero-order valence-corrected chi connectivity index (χ0v) is 9.18. The number of halogens is 2. The Hall–Kier alpha value is -1.13. The van der Waals surface area contributed by atoms with Crippen molar-refractivity contribution in [2.24, 2.45) is 0 Å². The normalized spacial score (nSPS) is 9.73. The predicted molar refractivity (Wildman–Crippen MR) is 58.0 cm³/mol. The summed E-state index contributed by atoms with van der Waals surface area (Å²) in [5.74, 6) is 0.480. The van der Waals surface area contributed by atoms with Gasteiger partial charge < -0.3 is 15.2 Å². The molecule has 82 valence electrons. The Morgan fingerprint density at radius 2 is 2.20 bits per heavy atom. The number of benzene rings is 1. The van der Waals surface area contributed by atoms with Crippen molar-refractivity contribution in [3.63, 3.8) is 0 Å². The molecule has 4 nitrogen and oxygen atoms in total. The number of ether oxygens (including phenoxy) is 1. The number of carboxylic acid groups (broad SMARTS) is 1. The fourth-order valence-corrected chi connectivity index (χ4v) is 1.37. The Labute approximate surface area is 96.8 Å². The van der Waals surface area contributed by atoms with Gasteiger partial charge in [0.05, 0.1) is 11.6 Å². The van der Waals surface area contributed by atoms with Gasteiger partial charge in [-0.1, -0.05) is 23.2 Å². The Balaban J connectivity index is 2.40. The first-order valence-corrected chi connectivity index (χ1v) is 4.90. The van der Waals surface area contributed by atoms with Crippen molar-refractivity contribution >= 4 is 29.3 Å². The van der Waals surface area contributed by atoms with Crippen LogP contribution in [-0.4, -0.2) is 24.4 Å². The lowest BCUT2D eigenvalue weighted by Gasteiger charge is -2.07. The zero-order chi connectivity index (χ0) is 11.3. The summed E-state index contributed by atoms with van der Waals surface area (Å²) in [4.78, 5) is 10.1. The van der Waals surface area contributed by atoms with Gasteiger partial charge in [0.2, 0.25) is 0 Å². The number of carbonyl (C=O) groups is 1. The number of nitrogens with one attached hydrogen (secondary N) is 1. The molecule has 0 saturated carbocycles. The van der Waals surface area contributed by atoms with Crippen molar-refractivity contribution in [2.75, 3.05) is 13.2 Å². The van der Waals surface area contributed by atoms with Gasteiger partial charge in [-0.3, -0.25) is 0 Å². The van der Waals surface area contributed by atoms with Crippen LogP contribution in [0.3, 0.4) is 0 Å². The number of hydrogen-bond acceptors (Lipinski definition) is 2. The number of rotatable bonds is 4. The molecule has 0 aliphatic carbocycles. The molecule has 2 N–H and O–H groups in total. The highest BCUT2D eigenvalue weighted by Crippen LogP contribution is 2.27. The van der Waals surface area contributed by atoms with Gasteiger partial charge in [0.15, 0.2) is 0 Å². The van der Waals surface area contributed by atoms with Crippen molar-refractivity contribution in [2.45, 2.75) is 0 Å². The predicted octanol–water partition coefficient (Wildman–Crippen LogP) is 2.64. The van der Waals surface area contributed by atoms with Gasteiger partial charge in [-0.05, 0) is 18.2 Å². The Bertz CT molecular complexity index is 357. The van der Waals surface area contributed by atoms with Crippen LogP contribution in [0, 0.1) is 0 Å². The molecule has 1 amide bonds. The van der Waals surface area contributed by atoms with Crippen LogP contribution in [0.1, 0.15) is 0 Å². The van der Waals surface area contributed by atoms with Gasteiger partial charge in [-0.25, -0.2) is 4.79 Å². The van der Waals surface area contributed by atoms with E-state index in [9.17, 15) is 4.79 Å². The van der Waals surface area contributed by atoms with Crippen LogP contribution in [0.2, 0.25) is 10.0 Å². The third-order valence-electron chi connectivity index (χ3n) is 1.53. The second kappa shape index (κ2) is 5.68. The average Bonchev–Trinajstić information content (AvgIpc) is 2.14. The van der Waals surface area contributed by atoms with Crippen molar-refractivity contribution in [3.05, 3.63) is 28.2 Å². The molecule has 6 heteroatoms. The standard InChI is InChI=1S/C9H9Cl2NO3/c10-6-1-2-8(7(11)5-6)15-4-3-12-9(13)14/h1-2,5,12H,3-4H2,(H,13,14). The first-order chi connectivity index (χ1) is 7.09. The van der Waals surface area contributed by atoms with Crippen molar-refractivity contribution in [1.82, 2.24) is 5.32 Å². The van der Waals surface area contributed by atoms with Crippen LogP contribution in [0.4, 0.5) is 4.79 Å². The molecule has 1 aromatic carbocycles. The summed E-state index contributed by atoms with van der Waals surface area (Å²) in [7, 11) is 0. The molecule has 0 aromatic heterocycles. The largest absolute Gasteiger partial charge is 0.490 e. The summed E-state index contributed by atoms with van der Waals surface area (Å²) in [6.45, 7) is 0.419. The highest BCUT2D eigenvalue weighted by Gasteiger charge is 2.02. The highest BCUT2D eigenvalue weighted by molar-refractivity contribution is 6.35. The van der Waals surface area contributed by atoms with Gasteiger partial charge in [0.1, 0.15) is 12.4 Å². The first kappa shape index (κ1) is 11.9. The van der Waals surface area contributed by atoms with Crippen LogP contribution in [0.25, 0.3) is 0 Å². The van der Waals surface area contributed by atoms with E-state index in [1.807, 2.05) is 0 Å². The van der Waals surface area contributed by atoms with Crippen molar-refractivity contribution in [1.29, 1.82) is 0 Å². The summed E-state index contributed by atoms with van der Waals surface area (Å²) in [6.07, 6.45) is -1.08. The lowest BCUT2D eigenvalue weighted by atomic mass is 10.3. The molecule has 0 fully saturated rings. The van der Waals surface area contributed by atoms with Crippen LogP contribution in [-0.2, 0) is 0 Å². The molecule has 0 heterocycles. The van der Waals surface area contributed by atoms with Gasteiger partial charge in [0, 0.05) is 5.02 Å². The molecular formula is C9H9Cl2NO3. The van der Waals surface area contributed by atoms with E-state index in [0.29, 0.717) is 15.8 Å². The lowest BCUT2D eigenvalue weighted by molar-refractivity contribution is 0.191. The van der Waals surface area contributed by atoms with Crippen LogP contribution in [0.15, 0.2) is 18.2 Å². The molecule has 15 heavy (non-hydrogen) atoms. The lowest BCUT2D eigenvalue weighted by Crippen LogP contribution is -2.26. The summed E-state index contributed by atoms with van der Waals surface area (Å²) >= 11 is 11.5. The van der Waals surface area contributed by atoms with Gasteiger partial charge in [0.25, 0.3) is 0 Å². The van der Waals surface area contributed by atoms with Crippen LogP contribution >= 0.6 is 23.2 Å². The van der Waals surface area contributed by atoms with E-state index in [1.165, 1.54) is 0 Å². The molecule has 0 aliphatic heterocycles. The zero-order valence-electron chi connectivity index (χ0n) is 7.67. The Morgan fingerprint density at radius 3 is 2.80 bits per heavy atom. The fourth-order valence-electron chi connectivity index (χ4n) is 0.911. The second-order valence-corrected chi connectivity index (χ2v) is 3.50. The van der Waals surface area contributed by atoms with E-state index >= 15 is 0 Å².